The van der Waals surface area contributed by atoms with E-state index in [1.807, 2.05) is 6.92 Å². The molecule has 184 valence electrons. The topological polar surface area (TPSA) is 96.4 Å². The number of carbonyl (C=O) groups is 3. The van der Waals surface area contributed by atoms with Gasteiger partial charge in [-0.25, -0.2) is 0 Å². The van der Waals surface area contributed by atoms with E-state index in [1.54, 1.807) is 61.0 Å². The van der Waals surface area contributed by atoms with E-state index in [2.05, 4.69) is 6.58 Å². The summed E-state index contributed by atoms with van der Waals surface area (Å²) in [6.45, 7) is 7.82. The molecule has 0 aromatic heterocycles. The normalized spacial score (nSPS) is 31.4. The van der Waals surface area contributed by atoms with Crippen LogP contribution in [0.5, 0.6) is 5.75 Å². The summed E-state index contributed by atoms with van der Waals surface area (Å²) in [6, 6.07) is 6.35. The molecule has 4 rings (SSSR count). The summed E-state index contributed by atoms with van der Waals surface area (Å²) in [6.07, 6.45) is 3.00. The Morgan fingerprint density at radius 1 is 1.32 bits per heavy atom. The number of benzene rings is 1. The zero-order valence-corrected chi connectivity index (χ0v) is 20.7. The number of amides is 2. The van der Waals surface area contributed by atoms with Gasteiger partial charge in [0.15, 0.2) is 0 Å². The number of methoxy groups -OCH3 is 1. The first-order chi connectivity index (χ1) is 16.3. The lowest BCUT2D eigenvalue weighted by Gasteiger charge is -2.37. The molecule has 3 saturated heterocycles. The standard InChI is InChI=1S/C25H32N2O6S/c1-5-13-26(16-7-9-17(32-4)10-8-16)22(30)20-25-12-11-24(3,34-25)19(23(31)33-6-2)18(25)21(29)27(20)14-15-28/h5,7-10,18-20,28H,1,6,11-15H2,2-4H3/t18-,19+,20?,24-,25?/m0/s1. The number of carbonyl (C=O) groups excluding carboxylic acids is 3. The van der Waals surface area contributed by atoms with Crippen LogP contribution in [0.3, 0.4) is 0 Å². The van der Waals surface area contributed by atoms with Gasteiger partial charge in [-0.3, -0.25) is 14.4 Å². The lowest BCUT2D eigenvalue weighted by Crippen LogP contribution is -2.55. The quantitative estimate of drug-likeness (QED) is 0.421. The summed E-state index contributed by atoms with van der Waals surface area (Å²) in [4.78, 5) is 44.0. The molecule has 0 aliphatic carbocycles. The number of hydrogen-bond acceptors (Lipinski definition) is 7. The number of aliphatic hydroxyl groups excluding tert-OH is 1. The molecule has 9 heteroatoms. The third-order valence-electron chi connectivity index (χ3n) is 7.35. The summed E-state index contributed by atoms with van der Waals surface area (Å²) in [5.41, 5.74) is 0.660. The van der Waals surface area contributed by atoms with Crippen molar-refractivity contribution in [3.63, 3.8) is 0 Å². The summed E-state index contributed by atoms with van der Waals surface area (Å²) < 4.78 is 9.39. The Kier molecular flexibility index (Phi) is 6.70. The SMILES string of the molecule is C=CCN(C(=O)C1N(CCO)C(=O)[C@@H]2[C@H](C(=O)OCC)[C@]3(C)CCC12S3)c1ccc(OC)cc1. The molecular formula is C25H32N2O6S. The van der Waals surface area contributed by atoms with Crippen molar-refractivity contribution in [2.75, 3.05) is 38.3 Å². The van der Waals surface area contributed by atoms with Crippen LogP contribution < -0.4 is 9.64 Å². The van der Waals surface area contributed by atoms with Crippen molar-refractivity contribution in [3.05, 3.63) is 36.9 Å². The fraction of sp³-hybridized carbons (Fsp3) is 0.560. The molecule has 8 nitrogen and oxygen atoms in total. The molecule has 3 aliphatic heterocycles. The maximum atomic E-state index is 14.2. The number of anilines is 1. The van der Waals surface area contributed by atoms with Crippen LogP contribution in [0.2, 0.25) is 0 Å². The molecule has 5 atom stereocenters. The predicted octanol–water partition coefficient (Wildman–Crippen LogP) is 2.25. The lowest BCUT2D eigenvalue weighted by atomic mass is 9.66. The number of rotatable bonds is 9. The van der Waals surface area contributed by atoms with Crippen molar-refractivity contribution in [2.45, 2.75) is 42.2 Å². The average molecular weight is 489 g/mol. The van der Waals surface area contributed by atoms with E-state index in [9.17, 15) is 19.5 Å². The van der Waals surface area contributed by atoms with E-state index in [1.165, 1.54) is 4.90 Å². The van der Waals surface area contributed by atoms with Crippen LogP contribution in [-0.4, -0.2) is 76.7 Å². The van der Waals surface area contributed by atoms with Gasteiger partial charge < -0.3 is 24.4 Å². The Morgan fingerprint density at radius 2 is 2.03 bits per heavy atom. The minimum absolute atomic E-state index is 0.0326. The molecule has 1 aromatic carbocycles. The number of ether oxygens (including phenoxy) is 2. The molecule has 1 N–H and O–H groups in total. The molecular weight excluding hydrogens is 456 g/mol. The highest BCUT2D eigenvalue weighted by Crippen LogP contribution is 2.71. The molecule has 34 heavy (non-hydrogen) atoms. The number of likely N-dealkylation sites (tertiary alicyclic amines) is 1. The van der Waals surface area contributed by atoms with Crippen molar-refractivity contribution in [1.82, 2.24) is 4.90 Å². The smallest absolute Gasteiger partial charge is 0.311 e. The Bertz CT molecular complexity index is 984. The van der Waals surface area contributed by atoms with Crippen LogP contribution in [0.4, 0.5) is 5.69 Å². The van der Waals surface area contributed by atoms with Crippen LogP contribution in [0, 0.1) is 11.8 Å². The largest absolute Gasteiger partial charge is 0.497 e. The van der Waals surface area contributed by atoms with Crippen LogP contribution in [-0.2, 0) is 19.1 Å². The van der Waals surface area contributed by atoms with E-state index in [-0.39, 0.29) is 44.1 Å². The second-order valence-corrected chi connectivity index (χ2v) is 11.1. The number of hydrogen-bond donors (Lipinski definition) is 1. The van der Waals surface area contributed by atoms with Crippen LogP contribution in [0.25, 0.3) is 0 Å². The van der Waals surface area contributed by atoms with E-state index >= 15 is 0 Å². The number of nitrogens with zero attached hydrogens (tertiary/aromatic N) is 2. The number of fused-ring (bicyclic) bond motifs is 1. The Morgan fingerprint density at radius 3 is 2.62 bits per heavy atom. The number of esters is 1. The Hall–Kier alpha value is -2.52. The summed E-state index contributed by atoms with van der Waals surface area (Å²) >= 11 is 1.58. The number of β-amino-alcohol motifs (C(OH)–C–C–N with tert-alkyl or cyclic N) is 1. The first-order valence-electron chi connectivity index (χ1n) is 11.6. The highest BCUT2D eigenvalue weighted by molar-refractivity contribution is 8.02. The molecule has 2 unspecified atom stereocenters. The summed E-state index contributed by atoms with van der Waals surface area (Å²) in [5.74, 6) is -1.48. The second-order valence-electron chi connectivity index (χ2n) is 9.17. The average Bonchev–Trinajstić information content (AvgIpc) is 3.39. The van der Waals surface area contributed by atoms with Gasteiger partial charge in [-0.15, -0.1) is 18.3 Å². The van der Waals surface area contributed by atoms with Gasteiger partial charge in [0, 0.05) is 23.5 Å². The highest BCUT2D eigenvalue weighted by Gasteiger charge is 2.77. The second kappa shape index (κ2) is 9.26. The molecule has 0 radical (unpaired) electrons. The van der Waals surface area contributed by atoms with Crippen LogP contribution >= 0.6 is 11.8 Å². The number of thioether (sulfide) groups is 1. The molecule has 1 spiro atoms. The van der Waals surface area contributed by atoms with Crippen molar-refractivity contribution in [3.8, 4) is 5.75 Å². The van der Waals surface area contributed by atoms with Gasteiger partial charge in [0.2, 0.25) is 5.91 Å². The van der Waals surface area contributed by atoms with Crippen LogP contribution in [0.15, 0.2) is 36.9 Å². The van der Waals surface area contributed by atoms with Crippen molar-refractivity contribution in [1.29, 1.82) is 0 Å². The van der Waals surface area contributed by atoms with Crippen molar-refractivity contribution >= 4 is 35.2 Å². The molecule has 3 aliphatic rings. The first kappa shape index (κ1) is 24.6. The van der Waals surface area contributed by atoms with Gasteiger partial charge in [0.25, 0.3) is 5.91 Å². The lowest BCUT2D eigenvalue weighted by molar-refractivity contribution is -0.155. The summed E-state index contributed by atoms with van der Waals surface area (Å²) in [7, 11) is 1.58. The fourth-order valence-electron chi connectivity index (χ4n) is 6.00. The van der Waals surface area contributed by atoms with Gasteiger partial charge >= 0.3 is 5.97 Å². The minimum Gasteiger partial charge on any atom is -0.497 e. The Balaban J connectivity index is 1.77. The summed E-state index contributed by atoms with van der Waals surface area (Å²) in [5, 5.41) is 9.75. The van der Waals surface area contributed by atoms with Crippen molar-refractivity contribution in [2.24, 2.45) is 11.8 Å². The zero-order valence-electron chi connectivity index (χ0n) is 19.9. The monoisotopic (exact) mass is 488 g/mol. The molecule has 3 heterocycles. The van der Waals surface area contributed by atoms with Crippen molar-refractivity contribution < 1.29 is 29.0 Å². The Labute approximate surface area is 204 Å². The third kappa shape index (κ3) is 3.60. The maximum absolute atomic E-state index is 14.2. The van der Waals surface area contributed by atoms with Gasteiger partial charge in [-0.1, -0.05) is 6.08 Å². The highest BCUT2D eigenvalue weighted by atomic mass is 32.2. The van der Waals surface area contributed by atoms with E-state index in [0.29, 0.717) is 24.3 Å². The molecule has 2 amide bonds. The molecule has 2 bridgehead atoms. The van der Waals surface area contributed by atoms with E-state index in [0.717, 1.165) is 0 Å². The molecule has 3 fully saturated rings. The van der Waals surface area contributed by atoms with Gasteiger partial charge in [-0.2, -0.15) is 0 Å². The zero-order chi connectivity index (χ0) is 24.7. The third-order valence-corrected chi connectivity index (χ3v) is 9.34. The minimum atomic E-state index is -0.801. The van der Waals surface area contributed by atoms with Gasteiger partial charge in [0.05, 0.1) is 36.9 Å². The fourth-order valence-corrected chi connectivity index (χ4v) is 8.34. The first-order valence-corrected chi connectivity index (χ1v) is 12.4. The number of aliphatic hydroxyl groups is 1. The van der Waals surface area contributed by atoms with Gasteiger partial charge in [-0.05, 0) is 51.0 Å². The van der Waals surface area contributed by atoms with Crippen LogP contribution in [0.1, 0.15) is 26.7 Å². The van der Waals surface area contributed by atoms with E-state index in [4.69, 9.17) is 9.47 Å². The molecule has 0 saturated carbocycles. The predicted molar refractivity (Wildman–Crippen MR) is 130 cm³/mol. The van der Waals surface area contributed by atoms with E-state index < -0.39 is 27.4 Å². The maximum Gasteiger partial charge on any atom is 0.311 e. The van der Waals surface area contributed by atoms with Gasteiger partial charge in [0.1, 0.15) is 11.8 Å². The molecule has 1 aromatic rings.